The summed E-state index contributed by atoms with van der Waals surface area (Å²) in [5.74, 6) is -2.05. The van der Waals surface area contributed by atoms with Crippen molar-refractivity contribution >= 4 is 39.9 Å². The maximum atomic E-state index is 12.6. The zero-order chi connectivity index (χ0) is 29.3. The van der Waals surface area contributed by atoms with Crippen LogP contribution in [0.4, 0.5) is 26.3 Å². The van der Waals surface area contributed by atoms with Gasteiger partial charge in [0.25, 0.3) is 0 Å². The van der Waals surface area contributed by atoms with E-state index in [1.807, 2.05) is 17.8 Å². The quantitative estimate of drug-likeness (QED) is 0.269. The van der Waals surface area contributed by atoms with Crippen molar-refractivity contribution in [2.24, 2.45) is 14.6 Å². The van der Waals surface area contributed by atoms with Crippen molar-refractivity contribution in [2.75, 3.05) is 11.5 Å². The molecule has 0 aromatic carbocycles. The molecule has 1 rings (SSSR count). The smallest absolute Gasteiger partial charge is 0.470 e. The molecule has 0 spiro atoms. The molecule has 0 saturated heterocycles. The number of rotatable bonds is 11. The third-order valence-electron chi connectivity index (χ3n) is 3.96. The Bertz CT molecular complexity index is 1250. The lowest BCUT2D eigenvalue weighted by Crippen LogP contribution is -2.25. The van der Waals surface area contributed by atoms with Gasteiger partial charge in [-0.05, 0) is 39.6 Å². The molecule has 37 heavy (non-hydrogen) atoms. The number of alkyl halides is 6. The van der Waals surface area contributed by atoms with Crippen molar-refractivity contribution in [2.45, 2.75) is 64.0 Å². The highest BCUT2D eigenvalue weighted by atomic mass is 32.3. The Labute approximate surface area is 213 Å². The monoisotopic (exact) mass is 629 g/mol. The Morgan fingerprint density at radius 2 is 1.16 bits per heavy atom. The standard InChI is InChI=1S/C10H18F6N3O6S4.C6H11N2/c1-3-5-7-26(20,18-28(22,23)9(11,12)13)17-27(21,8-6-4-2)19-29(24,25)10(14,15)16;1-3-8-5-4-7(2)6-8/h3-8H2,1-2H3;4-6H,3H2,1-2H3/q-1;+1. The molecule has 0 amide bonds. The molecule has 0 aliphatic heterocycles. The molecule has 0 aliphatic carbocycles. The third kappa shape index (κ3) is 11.9. The van der Waals surface area contributed by atoms with E-state index in [9.17, 15) is 51.6 Å². The molecule has 1 aromatic heterocycles. The number of nitrogens with zero attached hydrogens (tertiary/aromatic N) is 5. The molecule has 0 aliphatic rings. The van der Waals surface area contributed by atoms with E-state index in [1.54, 1.807) is 0 Å². The van der Waals surface area contributed by atoms with Gasteiger partial charge in [-0.2, -0.15) is 43.2 Å². The normalized spacial score (nSPS) is 16.2. The minimum atomic E-state index is -6.43. The summed E-state index contributed by atoms with van der Waals surface area (Å²) in [6, 6.07) is 0. The summed E-state index contributed by atoms with van der Waals surface area (Å²) in [6.45, 7) is 6.05. The van der Waals surface area contributed by atoms with Crippen LogP contribution in [-0.4, -0.2) is 52.3 Å². The van der Waals surface area contributed by atoms with Crippen LogP contribution >= 0.6 is 0 Å². The van der Waals surface area contributed by atoms with Gasteiger partial charge in [0.2, 0.25) is 6.33 Å². The van der Waals surface area contributed by atoms with Gasteiger partial charge in [0, 0.05) is 11.5 Å². The first-order chi connectivity index (χ1) is 16.6. The molecule has 0 saturated carbocycles. The second kappa shape index (κ2) is 13.6. The summed E-state index contributed by atoms with van der Waals surface area (Å²) in [5.41, 5.74) is -12.0. The molecular weight excluding hydrogens is 600 g/mol. The maximum absolute atomic E-state index is 12.6. The number of imidazole rings is 1. The van der Waals surface area contributed by atoms with E-state index in [0.29, 0.717) is 0 Å². The van der Waals surface area contributed by atoms with Crippen LogP contribution in [0.1, 0.15) is 46.5 Å². The summed E-state index contributed by atoms with van der Waals surface area (Å²) in [7, 11) is -20.8. The van der Waals surface area contributed by atoms with Crippen LogP contribution in [0, 0.1) is 0 Å². The van der Waals surface area contributed by atoms with E-state index in [1.165, 1.54) is 13.8 Å². The second-order valence-electron chi connectivity index (χ2n) is 7.30. The summed E-state index contributed by atoms with van der Waals surface area (Å²) in [6.07, 6.45) is 5.83. The van der Waals surface area contributed by atoms with E-state index in [4.69, 9.17) is 0 Å². The SMILES string of the molecule is CCCCS(=O)(=NS(=O)(=O)C(F)(F)F)[N-]S(=O)(CCCC)=NS(=O)(=O)C(F)(F)F.CCn1cc[n+](C)c1. The first-order valence-corrected chi connectivity index (χ1v) is 16.6. The Morgan fingerprint density at radius 1 is 0.784 bits per heavy atom. The summed E-state index contributed by atoms with van der Waals surface area (Å²) < 4.78 is 157. The molecule has 11 nitrogen and oxygen atoms in total. The van der Waals surface area contributed by atoms with Crippen molar-refractivity contribution in [1.82, 2.24) is 4.57 Å². The minimum absolute atomic E-state index is 0.113. The van der Waals surface area contributed by atoms with E-state index in [2.05, 4.69) is 35.7 Å². The van der Waals surface area contributed by atoms with Gasteiger partial charge in [0.15, 0.2) is 0 Å². The average molecular weight is 630 g/mol. The second-order valence-corrected chi connectivity index (χ2v) is 15.2. The Hall–Kier alpha value is -1.45. The molecule has 2 atom stereocenters. The van der Waals surface area contributed by atoms with Crippen LogP contribution in [0.15, 0.2) is 26.3 Å². The number of unbranched alkanes of at least 4 members (excludes halogenated alkanes) is 2. The predicted octanol–water partition coefficient (Wildman–Crippen LogP) is 3.76. The first-order valence-electron chi connectivity index (χ1n) is 10.5. The predicted molar refractivity (Wildman–Crippen MR) is 125 cm³/mol. The fourth-order valence-electron chi connectivity index (χ4n) is 2.10. The third-order valence-corrected chi connectivity index (χ3v) is 12.1. The lowest BCUT2D eigenvalue weighted by molar-refractivity contribution is -0.671. The lowest BCUT2D eigenvalue weighted by Gasteiger charge is -2.28. The van der Waals surface area contributed by atoms with Gasteiger partial charge in [0.1, 0.15) is 12.4 Å². The van der Waals surface area contributed by atoms with Gasteiger partial charge in [-0.25, -0.2) is 9.13 Å². The van der Waals surface area contributed by atoms with Crippen LogP contribution in [0.3, 0.4) is 0 Å². The Morgan fingerprint density at radius 3 is 1.38 bits per heavy atom. The molecule has 0 fully saturated rings. The van der Waals surface area contributed by atoms with Gasteiger partial charge in [-0.3, -0.25) is 8.42 Å². The largest absolute Gasteiger partial charge is 0.519 e. The number of hydrogen-bond donors (Lipinski definition) is 0. The summed E-state index contributed by atoms with van der Waals surface area (Å²) in [4.78, 5) is 0. The fraction of sp³-hybridized carbons (Fsp3) is 0.812. The van der Waals surface area contributed by atoms with Crippen molar-refractivity contribution in [3.8, 4) is 0 Å². The van der Waals surface area contributed by atoms with Crippen molar-refractivity contribution in [3.05, 3.63) is 22.8 Å². The number of sulfonamides is 2. The van der Waals surface area contributed by atoms with Crippen molar-refractivity contribution in [3.63, 3.8) is 0 Å². The lowest BCUT2D eigenvalue weighted by atomic mass is 10.4. The number of hydrogen-bond acceptors (Lipinski definition) is 6. The zero-order valence-electron chi connectivity index (χ0n) is 20.3. The fourth-order valence-corrected chi connectivity index (χ4v) is 9.92. The van der Waals surface area contributed by atoms with Gasteiger partial charge in [-0.15, -0.1) is 7.54 Å². The van der Waals surface area contributed by atoms with E-state index in [0.717, 1.165) is 6.54 Å². The van der Waals surface area contributed by atoms with Gasteiger partial charge in [-0.1, -0.05) is 26.7 Å². The van der Waals surface area contributed by atoms with Gasteiger partial charge in [0.05, 0.1) is 13.6 Å². The molecule has 0 bridgehead atoms. The first kappa shape index (κ1) is 35.5. The van der Waals surface area contributed by atoms with E-state index >= 15 is 0 Å². The summed E-state index contributed by atoms with van der Waals surface area (Å²) in [5, 5.41) is 0. The highest BCUT2D eigenvalue weighted by Gasteiger charge is 2.47. The van der Waals surface area contributed by atoms with Crippen LogP contribution in [0.5, 0.6) is 0 Å². The molecule has 2 unspecified atom stereocenters. The Kier molecular flexibility index (Phi) is 13.0. The average Bonchev–Trinajstić information content (AvgIpc) is 3.14. The number of aryl methyl sites for hydroxylation is 2. The molecule has 0 N–H and O–H groups in total. The Balaban J connectivity index is 0.00000136. The molecule has 21 heteroatoms. The highest BCUT2D eigenvalue weighted by molar-refractivity contribution is 8.18. The maximum Gasteiger partial charge on any atom is 0.519 e. The van der Waals surface area contributed by atoms with Crippen LogP contribution < -0.4 is 4.57 Å². The molecule has 220 valence electrons. The van der Waals surface area contributed by atoms with Crippen LogP contribution in [0.2, 0.25) is 0 Å². The molecule has 1 heterocycles. The van der Waals surface area contributed by atoms with Crippen LogP contribution in [-0.2, 0) is 53.5 Å². The van der Waals surface area contributed by atoms with Gasteiger partial charge >= 0.3 is 31.1 Å². The number of aromatic nitrogens is 2. The van der Waals surface area contributed by atoms with Gasteiger partial charge < -0.3 is 4.13 Å². The minimum Gasteiger partial charge on any atom is -0.470 e. The highest BCUT2D eigenvalue weighted by Crippen LogP contribution is 2.31. The van der Waals surface area contributed by atoms with Crippen molar-refractivity contribution < 1.29 is 56.2 Å². The topological polar surface area (TPSA) is 150 Å². The zero-order valence-corrected chi connectivity index (χ0v) is 23.5. The summed E-state index contributed by atoms with van der Waals surface area (Å²) >= 11 is 0. The molecule has 1 aromatic rings. The van der Waals surface area contributed by atoms with Crippen LogP contribution in [0.25, 0.3) is 4.13 Å². The van der Waals surface area contributed by atoms with Crippen molar-refractivity contribution in [1.29, 1.82) is 0 Å². The van der Waals surface area contributed by atoms with E-state index in [-0.39, 0.29) is 25.7 Å². The molecule has 0 radical (unpaired) electrons. The molecular formula is C16H29F6N5O6S4. The number of halogens is 6. The van der Waals surface area contributed by atoms with E-state index < -0.39 is 62.4 Å².